The molecular formula is C52H35NOS. The zero-order valence-corrected chi connectivity index (χ0v) is 30.8. The Morgan fingerprint density at radius 1 is 0.364 bits per heavy atom. The molecule has 0 radical (unpaired) electrons. The Morgan fingerprint density at radius 2 is 0.964 bits per heavy atom. The molecular weight excluding hydrogens is 687 g/mol. The van der Waals surface area contributed by atoms with Gasteiger partial charge in [0.05, 0.1) is 5.69 Å². The van der Waals surface area contributed by atoms with Crippen LogP contribution in [-0.2, 0) is 0 Å². The molecule has 260 valence electrons. The molecule has 0 amide bonds. The maximum Gasteiger partial charge on any atom is 0.159 e. The molecule has 0 spiro atoms. The number of anilines is 3. The van der Waals surface area contributed by atoms with Gasteiger partial charge in [-0.3, -0.25) is 0 Å². The molecule has 0 aliphatic heterocycles. The molecule has 10 aromatic rings. The Hall–Kier alpha value is -6.94. The van der Waals surface area contributed by atoms with Crippen molar-refractivity contribution in [1.82, 2.24) is 0 Å². The highest BCUT2D eigenvalue weighted by Crippen LogP contribution is 2.44. The average molecular weight is 722 g/mol. The van der Waals surface area contributed by atoms with Crippen LogP contribution in [0.2, 0.25) is 0 Å². The second-order valence-corrected chi connectivity index (χ2v) is 14.7. The molecule has 0 bridgehead atoms. The molecule has 2 aromatic heterocycles. The van der Waals surface area contributed by atoms with E-state index in [9.17, 15) is 0 Å². The monoisotopic (exact) mass is 721 g/mol. The molecule has 0 atom stereocenters. The highest BCUT2D eigenvalue weighted by molar-refractivity contribution is 7.13. The fraction of sp³-hybridized carbons (Fsp3) is 0. The van der Waals surface area contributed by atoms with Crippen molar-refractivity contribution in [2.24, 2.45) is 0 Å². The number of fused-ring (bicyclic) bond motifs is 3. The van der Waals surface area contributed by atoms with Crippen molar-refractivity contribution in [2.45, 2.75) is 0 Å². The van der Waals surface area contributed by atoms with Gasteiger partial charge in [0.25, 0.3) is 0 Å². The van der Waals surface area contributed by atoms with Crippen LogP contribution in [0.3, 0.4) is 0 Å². The largest absolute Gasteiger partial charge is 0.454 e. The Balaban J connectivity index is 1.11. The van der Waals surface area contributed by atoms with Crippen molar-refractivity contribution in [3.05, 3.63) is 212 Å². The fourth-order valence-electron chi connectivity index (χ4n) is 7.69. The molecule has 10 rings (SSSR count). The van der Waals surface area contributed by atoms with E-state index in [1.54, 1.807) is 11.3 Å². The van der Waals surface area contributed by atoms with Crippen LogP contribution in [0, 0.1) is 0 Å². The van der Waals surface area contributed by atoms with E-state index < -0.39 is 0 Å². The Bertz CT molecular complexity index is 2890. The third-order valence-corrected chi connectivity index (χ3v) is 11.3. The van der Waals surface area contributed by atoms with Gasteiger partial charge in [-0.2, -0.15) is 0 Å². The number of thiophene rings is 1. The summed E-state index contributed by atoms with van der Waals surface area (Å²) in [4.78, 5) is 3.60. The number of hydrogen-bond acceptors (Lipinski definition) is 3. The maximum atomic E-state index is 6.83. The summed E-state index contributed by atoms with van der Waals surface area (Å²) < 4.78 is 6.83. The topological polar surface area (TPSA) is 16.4 Å². The maximum absolute atomic E-state index is 6.83. The van der Waals surface area contributed by atoms with Crippen LogP contribution in [0.4, 0.5) is 17.1 Å². The minimum Gasteiger partial charge on any atom is -0.454 e. The van der Waals surface area contributed by atoms with Gasteiger partial charge in [-0.1, -0.05) is 158 Å². The van der Waals surface area contributed by atoms with Crippen LogP contribution in [0.15, 0.2) is 216 Å². The second kappa shape index (κ2) is 14.1. The van der Waals surface area contributed by atoms with E-state index in [2.05, 4.69) is 217 Å². The Kier molecular flexibility index (Phi) is 8.40. The Morgan fingerprint density at radius 3 is 1.71 bits per heavy atom. The van der Waals surface area contributed by atoms with Crippen LogP contribution in [0.1, 0.15) is 0 Å². The number of furan rings is 1. The summed E-state index contributed by atoms with van der Waals surface area (Å²) in [5.74, 6) is 0. The second-order valence-electron chi connectivity index (χ2n) is 13.7. The van der Waals surface area contributed by atoms with Crippen LogP contribution in [0.25, 0.3) is 76.9 Å². The number of benzene rings is 8. The summed E-state index contributed by atoms with van der Waals surface area (Å²) >= 11 is 1.76. The van der Waals surface area contributed by atoms with E-state index in [1.165, 1.54) is 43.8 Å². The summed E-state index contributed by atoms with van der Waals surface area (Å²) in [6.07, 6.45) is 0. The molecule has 8 aromatic carbocycles. The SMILES string of the molecule is c1ccc(-c2ccc(N(c3cccc(-c4ccc(-c5cccs5)cc4)c3)c3cccc4c3oc3ccc(-c5ccccc5-c5ccccc5)cc34)cc2)cc1. The van der Waals surface area contributed by atoms with Crippen molar-refractivity contribution >= 4 is 50.3 Å². The first-order valence-corrected chi connectivity index (χ1v) is 19.4. The molecule has 0 aliphatic carbocycles. The van der Waals surface area contributed by atoms with Crippen LogP contribution >= 0.6 is 11.3 Å². The third kappa shape index (κ3) is 6.21. The molecule has 3 heteroatoms. The van der Waals surface area contributed by atoms with Crippen LogP contribution in [-0.4, -0.2) is 0 Å². The molecule has 2 nitrogen and oxygen atoms in total. The minimum absolute atomic E-state index is 0.851. The first kappa shape index (κ1) is 32.7. The van der Waals surface area contributed by atoms with E-state index >= 15 is 0 Å². The van der Waals surface area contributed by atoms with Gasteiger partial charge in [0.2, 0.25) is 0 Å². The molecule has 0 saturated carbocycles. The first-order chi connectivity index (χ1) is 27.3. The van der Waals surface area contributed by atoms with Crippen LogP contribution in [0.5, 0.6) is 0 Å². The quantitative estimate of drug-likeness (QED) is 0.155. The number of rotatable bonds is 8. The molecule has 0 fully saturated rings. The summed E-state index contributed by atoms with van der Waals surface area (Å²) in [6, 6.07) is 73.7. The lowest BCUT2D eigenvalue weighted by Crippen LogP contribution is -2.10. The normalized spacial score (nSPS) is 11.3. The Labute approximate surface area is 324 Å². The average Bonchev–Trinajstić information content (AvgIpc) is 3.94. The lowest BCUT2D eigenvalue weighted by Gasteiger charge is -2.26. The summed E-state index contributed by atoms with van der Waals surface area (Å²) in [6.45, 7) is 0. The van der Waals surface area contributed by atoms with Gasteiger partial charge in [-0.15, -0.1) is 11.3 Å². The zero-order valence-electron chi connectivity index (χ0n) is 30.0. The van der Waals surface area contributed by atoms with Crippen LogP contribution < -0.4 is 4.90 Å². The summed E-state index contributed by atoms with van der Waals surface area (Å²) in [7, 11) is 0. The van der Waals surface area contributed by atoms with Gasteiger partial charge >= 0.3 is 0 Å². The highest BCUT2D eigenvalue weighted by atomic mass is 32.1. The molecule has 0 N–H and O–H groups in total. The van der Waals surface area contributed by atoms with Crippen molar-refractivity contribution in [3.8, 4) is 54.9 Å². The van der Waals surface area contributed by atoms with E-state index in [0.717, 1.165) is 50.1 Å². The third-order valence-electron chi connectivity index (χ3n) is 10.4. The fourth-order valence-corrected chi connectivity index (χ4v) is 8.42. The molecule has 2 heterocycles. The lowest BCUT2D eigenvalue weighted by molar-refractivity contribution is 0.669. The highest BCUT2D eigenvalue weighted by Gasteiger charge is 2.21. The minimum atomic E-state index is 0.851. The number of nitrogens with zero attached hydrogens (tertiary/aromatic N) is 1. The predicted octanol–water partition coefficient (Wildman–Crippen LogP) is 15.5. The van der Waals surface area contributed by atoms with E-state index in [4.69, 9.17) is 4.42 Å². The van der Waals surface area contributed by atoms with Gasteiger partial charge in [-0.25, -0.2) is 0 Å². The lowest BCUT2D eigenvalue weighted by atomic mass is 9.94. The van der Waals surface area contributed by atoms with E-state index in [0.29, 0.717) is 0 Å². The molecule has 0 saturated heterocycles. The summed E-state index contributed by atoms with van der Waals surface area (Å²) in [5, 5.41) is 4.30. The first-order valence-electron chi connectivity index (χ1n) is 18.6. The van der Waals surface area contributed by atoms with Gasteiger partial charge in [0, 0.05) is 27.0 Å². The molecule has 55 heavy (non-hydrogen) atoms. The van der Waals surface area contributed by atoms with Gasteiger partial charge in [-0.05, 0) is 104 Å². The number of hydrogen-bond donors (Lipinski definition) is 0. The molecule has 0 aliphatic rings. The number of para-hydroxylation sites is 1. The van der Waals surface area contributed by atoms with E-state index in [1.807, 2.05) is 0 Å². The summed E-state index contributed by atoms with van der Waals surface area (Å²) in [5.41, 5.74) is 15.5. The van der Waals surface area contributed by atoms with Crippen molar-refractivity contribution in [2.75, 3.05) is 4.90 Å². The standard InChI is InChI=1S/C52H35NOS/c1-3-12-36(13-4-1)37-27-30-43(31-28-37)53(44-17-9-16-41(34-44)38-23-25-40(26-24-38)51-22-11-33-55-51)49-21-10-20-47-48-35-42(29-32-50(48)54-52(47)49)46-19-8-7-18-45(46)39-14-5-2-6-15-39/h1-35H. The van der Waals surface area contributed by atoms with Crippen molar-refractivity contribution in [1.29, 1.82) is 0 Å². The smallest absolute Gasteiger partial charge is 0.159 e. The van der Waals surface area contributed by atoms with E-state index in [-0.39, 0.29) is 0 Å². The zero-order chi connectivity index (χ0) is 36.6. The van der Waals surface area contributed by atoms with Gasteiger partial charge in [0.15, 0.2) is 5.58 Å². The van der Waals surface area contributed by atoms with Crippen molar-refractivity contribution in [3.63, 3.8) is 0 Å². The predicted molar refractivity (Wildman–Crippen MR) is 233 cm³/mol. The van der Waals surface area contributed by atoms with Gasteiger partial charge in [0.1, 0.15) is 5.58 Å². The van der Waals surface area contributed by atoms with Crippen molar-refractivity contribution < 1.29 is 4.42 Å². The molecule has 0 unspecified atom stereocenters. The van der Waals surface area contributed by atoms with Gasteiger partial charge < -0.3 is 9.32 Å².